The van der Waals surface area contributed by atoms with E-state index in [0.717, 1.165) is 0 Å². The first-order valence-electron chi connectivity index (χ1n) is 10.2. The predicted molar refractivity (Wildman–Crippen MR) is 113 cm³/mol. The van der Waals surface area contributed by atoms with Crippen LogP contribution in [0.15, 0.2) is 72.9 Å². The number of halogens is 6. The van der Waals surface area contributed by atoms with E-state index in [1.54, 1.807) is 49.4 Å². The molecule has 3 aromatic rings. The molecule has 0 aliphatic carbocycles. The van der Waals surface area contributed by atoms with Crippen molar-refractivity contribution in [2.75, 3.05) is 11.9 Å². The summed E-state index contributed by atoms with van der Waals surface area (Å²) in [7, 11) is 0. The van der Waals surface area contributed by atoms with Crippen LogP contribution in [0.1, 0.15) is 41.3 Å². The van der Waals surface area contributed by atoms with Gasteiger partial charge in [0.15, 0.2) is 0 Å². The molecule has 4 nitrogen and oxygen atoms in total. The normalized spacial score (nSPS) is 13.7. The van der Waals surface area contributed by atoms with Gasteiger partial charge in [-0.15, -0.1) is 0 Å². The average molecular weight is 482 g/mol. The topological polar surface area (TPSA) is 51.2 Å². The van der Waals surface area contributed by atoms with Crippen molar-refractivity contribution in [1.82, 2.24) is 4.98 Å². The number of aromatic nitrogens is 1. The maximum Gasteiger partial charge on any atom is 0.416 e. The molecule has 180 valence electrons. The van der Waals surface area contributed by atoms with Crippen LogP contribution in [0, 0.1) is 0 Å². The Labute approximate surface area is 191 Å². The fraction of sp³-hybridized carbons (Fsp3) is 0.250. The molecule has 2 atom stereocenters. The van der Waals surface area contributed by atoms with Crippen LogP contribution in [-0.4, -0.2) is 17.6 Å². The summed E-state index contributed by atoms with van der Waals surface area (Å²) in [6, 6.07) is 13.0. The molecular weight excluding hydrogens is 462 g/mol. The van der Waals surface area contributed by atoms with E-state index >= 15 is 0 Å². The molecule has 1 aromatic heterocycles. The van der Waals surface area contributed by atoms with Gasteiger partial charge in [0.25, 0.3) is 0 Å². The Morgan fingerprint density at radius 1 is 0.912 bits per heavy atom. The number of carbonyl (C=O) groups is 1. The van der Waals surface area contributed by atoms with E-state index in [0.29, 0.717) is 17.7 Å². The maximum absolute atomic E-state index is 13.4. The molecule has 2 aromatic carbocycles. The fourth-order valence-electron chi connectivity index (χ4n) is 3.46. The molecule has 1 N–H and O–H groups in total. The van der Waals surface area contributed by atoms with Gasteiger partial charge in [0.1, 0.15) is 5.92 Å². The number of ether oxygens (including phenoxy) is 1. The number of anilines is 1. The standard InChI is InChI=1S/C24H20F6N2O2/c1-2-34-22(33)20(15-8-4-3-5-9-15)21(19-10-6-7-11-31-19)32-18-13-16(23(25,26)27)12-17(14-18)24(28,29)30/h3-14,20-21,32H,2H2,1H3/t20-,21-/m0/s1. The summed E-state index contributed by atoms with van der Waals surface area (Å²) < 4.78 is 85.4. The zero-order chi connectivity index (χ0) is 24.9. The third-order valence-electron chi connectivity index (χ3n) is 4.95. The Morgan fingerprint density at radius 2 is 1.50 bits per heavy atom. The lowest BCUT2D eigenvalue weighted by Crippen LogP contribution is -2.28. The van der Waals surface area contributed by atoms with Crippen LogP contribution >= 0.6 is 0 Å². The first-order chi connectivity index (χ1) is 16.0. The van der Waals surface area contributed by atoms with E-state index in [4.69, 9.17) is 4.74 Å². The van der Waals surface area contributed by atoms with Gasteiger partial charge in [-0.25, -0.2) is 0 Å². The van der Waals surface area contributed by atoms with Crippen LogP contribution < -0.4 is 5.32 Å². The van der Waals surface area contributed by atoms with Crippen molar-refractivity contribution in [2.24, 2.45) is 0 Å². The molecule has 0 unspecified atom stereocenters. The number of benzene rings is 2. The molecule has 0 radical (unpaired) electrons. The van der Waals surface area contributed by atoms with Gasteiger partial charge in [-0.05, 0) is 42.8 Å². The highest BCUT2D eigenvalue weighted by atomic mass is 19.4. The van der Waals surface area contributed by atoms with Crippen LogP contribution in [-0.2, 0) is 21.9 Å². The zero-order valence-electron chi connectivity index (χ0n) is 17.8. The number of carbonyl (C=O) groups excluding carboxylic acids is 1. The molecule has 0 aliphatic rings. The predicted octanol–water partition coefficient (Wildman–Crippen LogP) is 6.62. The summed E-state index contributed by atoms with van der Waals surface area (Å²) in [6.07, 6.45) is -8.62. The monoisotopic (exact) mass is 482 g/mol. The van der Waals surface area contributed by atoms with Gasteiger partial charge in [-0.2, -0.15) is 26.3 Å². The van der Waals surface area contributed by atoms with Gasteiger partial charge in [0.05, 0.1) is 29.5 Å². The van der Waals surface area contributed by atoms with Gasteiger partial charge < -0.3 is 10.1 Å². The first kappa shape index (κ1) is 25.1. The quantitative estimate of drug-likeness (QED) is 0.304. The zero-order valence-corrected chi connectivity index (χ0v) is 17.8. The van der Waals surface area contributed by atoms with E-state index in [-0.39, 0.29) is 18.4 Å². The number of hydrogen-bond donors (Lipinski definition) is 1. The van der Waals surface area contributed by atoms with Gasteiger partial charge in [0.2, 0.25) is 0 Å². The lowest BCUT2D eigenvalue weighted by molar-refractivity contribution is -0.146. The molecule has 0 fully saturated rings. The van der Waals surface area contributed by atoms with Gasteiger partial charge >= 0.3 is 18.3 Å². The molecule has 0 aliphatic heterocycles. The molecule has 0 spiro atoms. The summed E-state index contributed by atoms with van der Waals surface area (Å²) in [5, 5.41) is 2.69. The summed E-state index contributed by atoms with van der Waals surface area (Å²) in [5.74, 6) is -1.82. The van der Waals surface area contributed by atoms with Crippen LogP contribution in [0.4, 0.5) is 32.0 Å². The van der Waals surface area contributed by atoms with Crippen molar-refractivity contribution < 1.29 is 35.9 Å². The Balaban J connectivity index is 2.17. The minimum absolute atomic E-state index is 0.0267. The molecule has 1 heterocycles. The van der Waals surface area contributed by atoms with Crippen LogP contribution in [0.5, 0.6) is 0 Å². The van der Waals surface area contributed by atoms with E-state index in [1.165, 1.54) is 12.3 Å². The third-order valence-corrected chi connectivity index (χ3v) is 4.95. The van der Waals surface area contributed by atoms with E-state index in [1.807, 2.05) is 0 Å². The van der Waals surface area contributed by atoms with Crippen molar-refractivity contribution in [3.05, 3.63) is 95.3 Å². The van der Waals surface area contributed by atoms with Crippen LogP contribution in [0.25, 0.3) is 0 Å². The Hall–Kier alpha value is -3.56. The number of nitrogens with one attached hydrogen (secondary N) is 1. The minimum Gasteiger partial charge on any atom is -0.465 e. The summed E-state index contributed by atoms with van der Waals surface area (Å²) in [5.41, 5.74) is -2.74. The second kappa shape index (κ2) is 10.1. The second-order valence-electron chi connectivity index (χ2n) is 7.31. The van der Waals surface area contributed by atoms with E-state index in [2.05, 4.69) is 10.3 Å². The fourth-order valence-corrected chi connectivity index (χ4v) is 3.46. The van der Waals surface area contributed by atoms with Crippen LogP contribution in [0.3, 0.4) is 0 Å². The number of hydrogen-bond acceptors (Lipinski definition) is 4. The Morgan fingerprint density at radius 3 is 2.00 bits per heavy atom. The number of esters is 1. The average Bonchev–Trinajstić information content (AvgIpc) is 2.79. The van der Waals surface area contributed by atoms with Crippen molar-refractivity contribution >= 4 is 11.7 Å². The molecule has 3 rings (SSSR count). The molecule has 0 saturated heterocycles. The highest BCUT2D eigenvalue weighted by Gasteiger charge is 2.38. The maximum atomic E-state index is 13.4. The summed E-state index contributed by atoms with van der Waals surface area (Å²) >= 11 is 0. The lowest BCUT2D eigenvalue weighted by atomic mass is 9.88. The van der Waals surface area contributed by atoms with Crippen molar-refractivity contribution in [3.63, 3.8) is 0 Å². The number of nitrogens with zero attached hydrogens (tertiary/aromatic N) is 1. The van der Waals surface area contributed by atoms with Crippen molar-refractivity contribution in [2.45, 2.75) is 31.2 Å². The summed E-state index contributed by atoms with van der Waals surface area (Å²) in [6.45, 7) is 1.62. The number of pyridine rings is 1. The van der Waals surface area contributed by atoms with Gasteiger partial charge in [0, 0.05) is 11.9 Å². The van der Waals surface area contributed by atoms with Crippen LogP contribution in [0.2, 0.25) is 0 Å². The smallest absolute Gasteiger partial charge is 0.416 e. The molecule has 10 heteroatoms. The number of alkyl halides is 6. The Kier molecular flexibility index (Phi) is 7.48. The largest absolute Gasteiger partial charge is 0.465 e. The molecule has 0 bridgehead atoms. The third kappa shape index (κ3) is 6.06. The first-order valence-corrected chi connectivity index (χ1v) is 10.2. The van der Waals surface area contributed by atoms with Gasteiger partial charge in [-0.3, -0.25) is 9.78 Å². The minimum atomic E-state index is -5.02. The second-order valence-corrected chi connectivity index (χ2v) is 7.31. The van der Waals surface area contributed by atoms with Gasteiger partial charge in [-0.1, -0.05) is 36.4 Å². The molecular formula is C24H20F6N2O2. The van der Waals surface area contributed by atoms with Crippen molar-refractivity contribution in [3.8, 4) is 0 Å². The lowest BCUT2D eigenvalue weighted by Gasteiger charge is -2.28. The van der Waals surface area contributed by atoms with Crippen molar-refractivity contribution in [1.29, 1.82) is 0 Å². The highest BCUT2D eigenvalue weighted by Crippen LogP contribution is 2.40. The Bertz CT molecular complexity index is 1070. The highest BCUT2D eigenvalue weighted by molar-refractivity contribution is 5.80. The molecule has 0 saturated carbocycles. The molecule has 34 heavy (non-hydrogen) atoms. The summed E-state index contributed by atoms with van der Waals surface area (Å²) in [4.78, 5) is 17.1. The van der Waals surface area contributed by atoms with E-state index < -0.39 is 47.1 Å². The number of rotatable bonds is 7. The molecule has 0 amide bonds. The SMILES string of the molecule is CCOC(=O)[C@@H](c1ccccc1)[C@@H](Nc1cc(C(F)(F)F)cc(C(F)(F)F)c1)c1ccccn1. The van der Waals surface area contributed by atoms with E-state index in [9.17, 15) is 31.1 Å².